The molecule has 0 saturated carbocycles. The maximum absolute atomic E-state index is 11.8. The molecule has 0 saturated heterocycles. The Morgan fingerprint density at radius 3 is 2.55 bits per heavy atom. The minimum Gasteiger partial charge on any atom is -0.481 e. The summed E-state index contributed by atoms with van der Waals surface area (Å²) in [5.74, 6) is -0.982. The van der Waals surface area contributed by atoms with E-state index in [-0.39, 0.29) is 6.42 Å². The number of hydrogen-bond acceptors (Lipinski definition) is 3. The Labute approximate surface area is 131 Å². The van der Waals surface area contributed by atoms with Gasteiger partial charge in [-0.05, 0) is 61.1 Å². The molecule has 110 valence electrons. The van der Waals surface area contributed by atoms with Crippen molar-refractivity contribution < 1.29 is 19.4 Å². The van der Waals surface area contributed by atoms with Crippen LogP contribution in [0.1, 0.15) is 38.8 Å². The number of aliphatic carboxylic acids is 1. The lowest BCUT2D eigenvalue weighted by Gasteiger charge is -2.23. The number of carbonyl (C=O) groups excluding carboxylic acids is 1. The second kappa shape index (κ2) is 6.92. The highest BCUT2D eigenvalue weighted by Crippen LogP contribution is 2.20. The van der Waals surface area contributed by atoms with Crippen LogP contribution in [0.15, 0.2) is 24.3 Å². The molecule has 1 aromatic rings. The molecule has 0 aliphatic rings. The van der Waals surface area contributed by atoms with Crippen LogP contribution in [-0.2, 0) is 9.53 Å². The lowest BCUT2D eigenvalue weighted by Crippen LogP contribution is -2.35. The molecule has 5 nitrogen and oxygen atoms in total. The van der Waals surface area contributed by atoms with Crippen molar-refractivity contribution in [3.63, 3.8) is 0 Å². The molecule has 2 N–H and O–H groups in total. The van der Waals surface area contributed by atoms with Gasteiger partial charge in [0.15, 0.2) is 0 Å². The summed E-state index contributed by atoms with van der Waals surface area (Å²) < 4.78 is 6.13. The SMILES string of the molecule is CC(C)(C)OC(=O)NC(CC(=O)O)c1cccc(I)c1. The number of hydrogen-bond donors (Lipinski definition) is 2. The Bertz CT molecular complexity index is 496. The number of ether oxygens (including phenoxy) is 1. The van der Waals surface area contributed by atoms with E-state index in [0.717, 1.165) is 9.13 Å². The summed E-state index contributed by atoms with van der Waals surface area (Å²) in [5.41, 5.74) is 0.119. The van der Waals surface area contributed by atoms with E-state index >= 15 is 0 Å². The highest BCUT2D eigenvalue weighted by atomic mass is 127. The Morgan fingerprint density at radius 2 is 2.05 bits per heavy atom. The minimum atomic E-state index is -0.982. The van der Waals surface area contributed by atoms with Gasteiger partial charge < -0.3 is 15.2 Å². The molecule has 1 unspecified atom stereocenters. The largest absolute Gasteiger partial charge is 0.481 e. The second-order valence-corrected chi connectivity index (χ2v) is 6.60. The van der Waals surface area contributed by atoms with Crippen LogP contribution in [0.25, 0.3) is 0 Å². The van der Waals surface area contributed by atoms with E-state index in [1.807, 2.05) is 18.2 Å². The van der Waals surface area contributed by atoms with Crippen molar-refractivity contribution in [1.29, 1.82) is 0 Å². The highest BCUT2D eigenvalue weighted by Gasteiger charge is 2.22. The summed E-state index contributed by atoms with van der Waals surface area (Å²) in [5, 5.41) is 11.6. The first-order chi connectivity index (χ1) is 9.17. The zero-order valence-corrected chi connectivity index (χ0v) is 13.8. The van der Waals surface area contributed by atoms with Crippen molar-refractivity contribution in [3.05, 3.63) is 33.4 Å². The zero-order chi connectivity index (χ0) is 15.3. The summed E-state index contributed by atoms with van der Waals surface area (Å²) >= 11 is 2.14. The fourth-order valence-electron chi connectivity index (χ4n) is 1.60. The summed E-state index contributed by atoms with van der Waals surface area (Å²) in [6.07, 6.45) is -0.818. The van der Waals surface area contributed by atoms with Gasteiger partial charge in [0.25, 0.3) is 0 Å². The molecule has 1 amide bonds. The summed E-state index contributed by atoms with van der Waals surface area (Å²) in [6.45, 7) is 5.26. The van der Waals surface area contributed by atoms with Gasteiger partial charge in [-0.1, -0.05) is 12.1 Å². The van der Waals surface area contributed by atoms with Gasteiger partial charge in [0.1, 0.15) is 5.60 Å². The quantitative estimate of drug-likeness (QED) is 0.773. The number of benzene rings is 1. The molecule has 0 aliphatic carbocycles. The summed E-state index contributed by atoms with van der Waals surface area (Å²) in [4.78, 5) is 22.7. The smallest absolute Gasteiger partial charge is 0.408 e. The van der Waals surface area contributed by atoms with Crippen LogP contribution >= 0.6 is 22.6 Å². The lowest BCUT2D eigenvalue weighted by atomic mass is 10.0. The molecule has 0 fully saturated rings. The number of carboxylic acid groups (broad SMARTS) is 1. The first kappa shape index (κ1) is 16.7. The molecule has 20 heavy (non-hydrogen) atoms. The molecule has 0 bridgehead atoms. The lowest BCUT2D eigenvalue weighted by molar-refractivity contribution is -0.137. The van der Waals surface area contributed by atoms with Crippen LogP contribution in [0.5, 0.6) is 0 Å². The van der Waals surface area contributed by atoms with E-state index in [1.165, 1.54) is 0 Å². The fourth-order valence-corrected chi connectivity index (χ4v) is 2.17. The first-order valence-corrected chi connectivity index (χ1v) is 7.22. The molecule has 0 aliphatic heterocycles. The van der Waals surface area contributed by atoms with Crippen molar-refractivity contribution >= 4 is 34.7 Å². The molecular weight excluding hydrogens is 373 g/mol. The molecule has 0 heterocycles. The van der Waals surface area contributed by atoms with Crippen LogP contribution in [0.4, 0.5) is 4.79 Å². The third-order valence-corrected chi connectivity index (χ3v) is 2.99. The topological polar surface area (TPSA) is 75.6 Å². The van der Waals surface area contributed by atoms with Crippen molar-refractivity contribution in [2.24, 2.45) is 0 Å². The maximum atomic E-state index is 11.8. The standard InChI is InChI=1S/C14H18INO4/c1-14(2,3)20-13(19)16-11(8-12(17)18)9-5-4-6-10(15)7-9/h4-7,11H,8H2,1-3H3,(H,16,19)(H,17,18). The van der Waals surface area contributed by atoms with Gasteiger partial charge in [0.05, 0.1) is 12.5 Å². The van der Waals surface area contributed by atoms with Crippen molar-refractivity contribution in [2.45, 2.75) is 38.8 Å². The minimum absolute atomic E-state index is 0.195. The Balaban J connectivity index is 2.85. The van der Waals surface area contributed by atoms with E-state index in [0.29, 0.717) is 0 Å². The Hall–Kier alpha value is -1.31. The average Bonchev–Trinajstić information content (AvgIpc) is 2.24. The zero-order valence-electron chi connectivity index (χ0n) is 11.6. The van der Waals surface area contributed by atoms with Gasteiger partial charge in [-0.15, -0.1) is 0 Å². The summed E-state index contributed by atoms with van der Waals surface area (Å²) in [6, 6.07) is 6.73. The maximum Gasteiger partial charge on any atom is 0.408 e. The van der Waals surface area contributed by atoms with Crippen molar-refractivity contribution in [2.75, 3.05) is 0 Å². The van der Waals surface area contributed by atoms with Gasteiger partial charge in [-0.2, -0.15) is 0 Å². The predicted molar refractivity (Wildman–Crippen MR) is 83.5 cm³/mol. The van der Waals surface area contributed by atoms with Crippen molar-refractivity contribution in [3.8, 4) is 0 Å². The third kappa shape index (κ3) is 6.23. The van der Waals surface area contributed by atoms with Crippen molar-refractivity contribution in [1.82, 2.24) is 5.32 Å². The average molecular weight is 391 g/mol. The van der Waals surface area contributed by atoms with Crippen LogP contribution in [-0.4, -0.2) is 22.8 Å². The van der Waals surface area contributed by atoms with E-state index in [2.05, 4.69) is 27.9 Å². The van der Waals surface area contributed by atoms with Gasteiger partial charge in [0, 0.05) is 3.57 Å². The molecule has 1 aromatic carbocycles. The van der Waals surface area contributed by atoms with Crippen LogP contribution in [0.2, 0.25) is 0 Å². The molecule has 1 rings (SSSR count). The normalized spacial score (nSPS) is 12.6. The van der Waals surface area contributed by atoms with E-state index < -0.39 is 23.7 Å². The number of carbonyl (C=O) groups is 2. The Morgan fingerprint density at radius 1 is 1.40 bits per heavy atom. The predicted octanol–water partition coefficient (Wildman–Crippen LogP) is 3.33. The molecule has 0 spiro atoms. The first-order valence-electron chi connectivity index (χ1n) is 6.14. The van der Waals surface area contributed by atoms with E-state index in [9.17, 15) is 9.59 Å². The number of halogens is 1. The fraction of sp³-hybridized carbons (Fsp3) is 0.429. The van der Waals surface area contributed by atoms with E-state index in [1.54, 1.807) is 26.8 Å². The number of rotatable bonds is 4. The van der Waals surface area contributed by atoms with Crippen LogP contribution < -0.4 is 5.32 Å². The van der Waals surface area contributed by atoms with Gasteiger partial charge in [-0.3, -0.25) is 4.79 Å². The van der Waals surface area contributed by atoms with Gasteiger partial charge in [0.2, 0.25) is 0 Å². The van der Waals surface area contributed by atoms with E-state index in [4.69, 9.17) is 9.84 Å². The molecule has 0 radical (unpaired) electrons. The van der Waals surface area contributed by atoms with Crippen LogP contribution in [0.3, 0.4) is 0 Å². The number of nitrogens with one attached hydrogen (secondary N) is 1. The molecular formula is C14H18INO4. The van der Waals surface area contributed by atoms with Gasteiger partial charge in [-0.25, -0.2) is 4.79 Å². The molecule has 6 heteroatoms. The monoisotopic (exact) mass is 391 g/mol. The number of amides is 1. The number of carboxylic acids is 1. The van der Waals surface area contributed by atoms with Gasteiger partial charge >= 0.3 is 12.1 Å². The van der Waals surface area contributed by atoms with Crippen LogP contribution in [0, 0.1) is 3.57 Å². The molecule has 0 aromatic heterocycles. The summed E-state index contributed by atoms with van der Waals surface area (Å²) in [7, 11) is 0. The molecule has 1 atom stereocenters. The third-order valence-electron chi connectivity index (χ3n) is 2.32. The Kier molecular flexibility index (Phi) is 5.79. The highest BCUT2D eigenvalue weighted by molar-refractivity contribution is 14.1. The number of alkyl carbamates (subject to hydrolysis) is 1. The second-order valence-electron chi connectivity index (χ2n) is 5.35.